The van der Waals surface area contributed by atoms with Crippen molar-refractivity contribution in [2.45, 2.75) is 6.92 Å². The standard InChI is InChI=1S/C10H11N3O/c1-7-3-8(5-9(4-7)14-2)10-11-6-12-13-10/h3-6H,1-2H3,(H,11,12,13). The minimum Gasteiger partial charge on any atom is -0.497 e. The summed E-state index contributed by atoms with van der Waals surface area (Å²) in [5.41, 5.74) is 2.09. The quantitative estimate of drug-likeness (QED) is 0.783. The van der Waals surface area contributed by atoms with Crippen molar-refractivity contribution in [1.82, 2.24) is 15.2 Å². The first-order valence-electron chi connectivity index (χ1n) is 4.31. The van der Waals surface area contributed by atoms with E-state index in [1.165, 1.54) is 0 Å². The van der Waals surface area contributed by atoms with Crippen LogP contribution in [0.4, 0.5) is 0 Å². The third kappa shape index (κ3) is 1.59. The summed E-state index contributed by atoms with van der Waals surface area (Å²) >= 11 is 0. The zero-order valence-corrected chi connectivity index (χ0v) is 8.11. The third-order valence-corrected chi connectivity index (χ3v) is 1.96. The van der Waals surface area contributed by atoms with Gasteiger partial charge in [-0.25, -0.2) is 4.98 Å². The van der Waals surface area contributed by atoms with Crippen LogP contribution < -0.4 is 4.74 Å². The Kier molecular flexibility index (Phi) is 2.18. The van der Waals surface area contributed by atoms with Crippen LogP contribution in [0.25, 0.3) is 11.4 Å². The van der Waals surface area contributed by atoms with E-state index in [-0.39, 0.29) is 0 Å². The second-order valence-electron chi connectivity index (χ2n) is 3.06. The fourth-order valence-corrected chi connectivity index (χ4v) is 1.34. The van der Waals surface area contributed by atoms with Crippen LogP contribution in [-0.2, 0) is 0 Å². The van der Waals surface area contributed by atoms with E-state index in [2.05, 4.69) is 15.2 Å². The molecule has 1 heterocycles. The highest BCUT2D eigenvalue weighted by molar-refractivity contribution is 5.58. The van der Waals surface area contributed by atoms with Crippen LogP contribution in [-0.4, -0.2) is 22.3 Å². The van der Waals surface area contributed by atoms with Crippen LogP contribution in [0.1, 0.15) is 5.56 Å². The summed E-state index contributed by atoms with van der Waals surface area (Å²) < 4.78 is 5.17. The number of aryl methyl sites for hydroxylation is 1. The number of H-pyrrole nitrogens is 1. The number of nitrogens with zero attached hydrogens (tertiary/aromatic N) is 2. The highest BCUT2D eigenvalue weighted by Gasteiger charge is 2.04. The topological polar surface area (TPSA) is 50.8 Å². The molecular formula is C10H11N3O. The molecule has 2 aromatic rings. The predicted molar refractivity (Wildman–Crippen MR) is 53.1 cm³/mol. The molecule has 4 nitrogen and oxygen atoms in total. The van der Waals surface area contributed by atoms with Crippen molar-refractivity contribution in [3.63, 3.8) is 0 Å². The summed E-state index contributed by atoms with van der Waals surface area (Å²) in [6, 6.07) is 5.90. The normalized spacial score (nSPS) is 10.1. The number of methoxy groups -OCH3 is 1. The third-order valence-electron chi connectivity index (χ3n) is 1.96. The van der Waals surface area contributed by atoms with Crippen molar-refractivity contribution < 1.29 is 4.74 Å². The molecule has 4 heteroatoms. The number of rotatable bonds is 2. The first kappa shape index (κ1) is 8.74. The first-order valence-corrected chi connectivity index (χ1v) is 4.31. The Morgan fingerprint density at radius 2 is 2.14 bits per heavy atom. The van der Waals surface area contributed by atoms with Crippen LogP contribution in [0.2, 0.25) is 0 Å². The molecule has 0 radical (unpaired) electrons. The van der Waals surface area contributed by atoms with Gasteiger partial charge in [-0.1, -0.05) is 0 Å². The summed E-state index contributed by atoms with van der Waals surface area (Å²) in [5.74, 6) is 1.51. The maximum atomic E-state index is 5.17. The van der Waals surface area contributed by atoms with Gasteiger partial charge in [0.15, 0.2) is 5.82 Å². The lowest BCUT2D eigenvalue weighted by atomic mass is 10.1. The molecule has 0 amide bonds. The van der Waals surface area contributed by atoms with Gasteiger partial charge >= 0.3 is 0 Å². The van der Waals surface area contributed by atoms with Gasteiger partial charge in [0.05, 0.1) is 7.11 Å². The molecule has 72 valence electrons. The number of ether oxygens (including phenoxy) is 1. The van der Waals surface area contributed by atoms with Crippen LogP contribution in [0.3, 0.4) is 0 Å². The van der Waals surface area contributed by atoms with E-state index >= 15 is 0 Å². The van der Waals surface area contributed by atoms with Gasteiger partial charge in [-0.05, 0) is 30.7 Å². The van der Waals surface area contributed by atoms with Gasteiger partial charge in [0.25, 0.3) is 0 Å². The minimum absolute atomic E-state index is 0.687. The maximum absolute atomic E-state index is 5.17. The molecule has 2 rings (SSSR count). The average molecular weight is 189 g/mol. The molecule has 14 heavy (non-hydrogen) atoms. The largest absolute Gasteiger partial charge is 0.497 e. The highest BCUT2D eigenvalue weighted by atomic mass is 16.5. The molecule has 0 aliphatic carbocycles. The van der Waals surface area contributed by atoms with Crippen molar-refractivity contribution in [3.8, 4) is 17.1 Å². The second kappa shape index (κ2) is 3.49. The number of aromatic amines is 1. The molecule has 0 aliphatic heterocycles. The summed E-state index contributed by atoms with van der Waals surface area (Å²) in [6.45, 7) is 2.01. The first-order chi connectivity index (χ1) is 6.79. The Hall–Kier alpha value is -1.84. The van der Waals surface area contributed by atoms with E-state index in [1.54, 1.807) is 13.4 Å². The Morgan fingerprint density at radius 1 is 1.29 bits per heavy atom. The van der Waals surface area contributed by atoms with E-state index in [0.717, 1.165) is 16.9 Å². The molecular weight excluding hydrogens is 178 g/mol. The fraction of sp³-hybridized carbons (Fsp3) is 0.200. The van der Waals surface area contributed by atoms with Gasteiger partial charge in [0.2, 0.25) is 0 Å². The van der Waals surface area contributed by atoms with Gasteiger partial charge in [-0.15, -0.1) is 0 Å². The van der Waals surface area contributed by atoms with E-state index in [4.69, 9.17) is 4.74 Å². The van der Waals surface area contributed by atoms with Gasteiger partial charge in [-0.2, -0.15) is 5.10 Å². The Balaban J connectivity index is 2.48. The van der Waals surface area contributed by atoms with Crippen molar-refractivity contribution in [3.05, 3.63) is 30.1 Å². The van der Waals surface area contributed by atoms with Gasteiger partial charge in [0.1, 0.15) is 12.1 Å². The van der Waals surface area contributed by atoms with E-state index in [9.17, 15) is 0 Å². The van der Waals surface area contributed by atoms with Crippen LogP contribution in [0.5, 0.6) is 5.75 Å². The Bertz CT molecular complexity index is 423. The van der Waals surface area contributed by atoms with Gasteiger partial charge in [0, 0.05) is 5.56 Å². The molecule has 0 unspecified atom stereocenters. The summed E-state index contributed by atoms with van der Waals surface area (Å²) in [5, 5.41) is 6.69. The number of hydrogen-bond acceptors (Lipinski definition) is 3. The van der Waals surface area contributed by atoms with Crippen molar-refractivity contribution >= 4 is 0 Å². The molecule has 1 aromatic heterocycles. The molecule has 1 N–H and O–H groups in total. The molecule has 0 bridgehead atoms. The summed E-state index contributed by atoms with van der Waals surface area (Å²) in [6.07, 6.45) is 1.56. The lowest BCUT2D eigenvalue weighted by molar-refractivity contribution is 0.414. The van der Waals surface area contributed by atoms with Crippen molar-refractivity contribution in [1.29, 1.82) is 0 Å². The molecule has 0 aliphatic rings. The molecule has 0 spiro atoms. The zero-order valence-electron chi connectivity index (χ0n) is 8.11. The smallest absolute Gasteiger partial charge is 0.180 e. The van der Waals surface area contributed by atoms with E-state index < -0.39 is 0 Å². The molecule has 1 aromatic carbocycles. The van der Waals surface area contributed by atoms with Crippen LogP contribution >= 0.6 is 0 Å². The van der Waals surface area contributed by atoms with E-state index in [0.29, 0.717) is 5.82 Å². The lowest BCUT2D eigenvalue weighted by Crippen LogP contribution is -1.87. The van der Waals surface area contributed by atoms with Gasteiger partial charge < -0.3 is 4.74 Å². The average Bonchev–Trinajstić information content (AvgIpc) is 2.69. The minimum atomic E-state index is 0.687. The molecule has 0 saturated carbocycles. The SMILES string of the molecule is COc1cc(C)cc(-c2nc[nH]n2)c1. The number of nitrogens with one attached hydrogen (secondary N) is 1. The van der Waals surface area contributed by atoms with Crippen molar-refractivity contribution in [2.75, 3.05) is 7.11 Å². The fourth-order valence-electron chi connectivity index (χ4n) is 1.34. The lowest BCUT2D eigenvalue weighted by Gasteiger charge is -2.03. The molecule has 0 fully saturated rings. The molecule has 0 saturated heterocycles. The van der Waals surface area contributed by atoms with Crippen LogP contribution in [0, 0.1) is 6.92 Å². The highest BCUT2D eigenvalue weighted by Crippen LogP contribution is 2.22. The summed E-state index contributed by atoms with van der Waals surface area (Å²) in [4.78, 5) is 4.08. The Morgan fingerprint density at radius 3 is 2.79 bits per heavy atom. The Labute approximate surface area is 81.9 Å². The zero-order chi connectivity index (χ0) is 9.97. The number of hydrogen-bond donors (Lipinski definition) is 1. The van der Waals surface area contributed by atoms with Crippen molar-refractivity contribution in [2.24, 2.45) is 0 Å². The number of aromatic nitrogens is 3. The number of benzene rings is 1. The second-order valence-corrected chi connectivity index (χ2v) is 3.06. The maximum Gasteiger partial charge on any atom is 0.180 e. The predicted octanol–water partition coefficient (Wildman–Crippen LogP) is 1.79. The summed E-state index contributed by atoms with van der Waals surface area (Å²) in [7, 11) is 1.65. The molecule has 0 atom stereocenters. The van der Waals surface area contributed by atoms with Crippen LogP contribution in [0.15, 0.2) is 24.5 Å². The monoisotopic (exact) mass is 189 g/mol. The van der Waals surface area contributed by atoms with Gasteiger partial charge in [-0.3, -0.25) is 5.10 Å². The van der Waals surface area contributed by atoms with E-state index in [1.807, 2.05) is 25.1 Å².